The third kappa shape index (κ3) is 4.84. The summed E-state index contributed by atoms with van der Waals surface area (Å²) in [7, 11) is 0. The largest absolute Gasteiger partial charge is 0.456 e. The third-order valence-corrected chi connectivity index (χ3v) is 5.40. The molecular weight excluding hydrogens is 439 g/mol. The summed E-state index contributed by atoms with van der Waals surface area (Å²) in [5, 5.41) is 3.33. The normalized spacial score (nSPS) is 16.2. The first kappa shape index (κ1) is 22.4. The van der Waals surface area contributed by atoms with Gasteiger partial charge in [0, 0.05) is 23.5 Å². The van der Waals surface area contributed by atoms with Crippen LogP contribution in [0.5, 0.6) is 0 Å². The molecule has 0 saturated heterocycles. The van der Waals surface area contributed by atoms with Gasteiger partial charge in [-0.15, -0.1) is 0 Å². The summed E-state index contributed by atoms with van der Waals surface area (Å²) in [6, 6.07) is 10.9. The van der Waals surface area contributed by atoms with E-state index in [0.717, 1.165) is 16.5 Å². The zero-order valence-corrected chi connectivity index (χ0v) is 17.3. The number of nitrogens with one attached hydrogen (secondary N) is 2. The topological polar surface area (TPSA) is 91.5 Å². The fraction of sp³-hybridized carbons (Fsp3) is 0.261. The van der Waals surface area contributed by atoms with E-state index in [2.05, 4.69) is 10.3 Å². The number of anilines is 2. The Morgan fingerprint density at radius 2 is 1.82 bits per heavy atom. The Morgan fingerprint density at radius 3 is 2.61 bits per heavy atom. The fourth-order valence-corrected chi connectivity index (χ4v) is 3.85. The van der Waals surface area contributed by atoms with Crippen LogP contribution in [-0.2, 0) is 25.5 Å². The van der Waals surface area contributed by atoms with E-state index in [0.29, 0.717) is 11.3 Å². The average molecular weight is 459 g/mol. The zero-order chi connectivity index (χ0) is 23.6. The number of halogens is 3. The van der Waals surface area contributed by atoms with Crippen molar-refractivity contribution in [1.29, 1.82) is 0 Å². The summed E-state index contributed by atoms with van der Waals surface area (Å²) < 4.78 is 46.2. The number of nitrogens with zero attached hydrogens (tertiary/aromatic N) is 1. The molecule has 4 rings (SSSR count). The molecule has 0 spiro atoms. The van der Waals surface area contributed by atoms with Crippen LogP contribution >= 0.6 is 0 Å². The van der Waals surface area contributed by atoms with Gasteiger partial charge in [0.1, 0.15) is 6.04 Å². The monoisotopic (exact) mass is 459 g/mol. The van der Waals surface area contributed by atoms with Gasteiger partial charge >= 0.3 is 12.1 Å². The summed E-state index contributed by atoms with van der Waals surface area (Å²) in [4.78, 5) is 40.6. The summed E-state index contributed by atoms with van der Waals surface area (Å²) in [6.07, 6.45) is -3.75. The van der Waals surface area contributed by atoms with Crippen LogP contribution in [0.4, 0.5) is 24.5 Å². The van der Waals surface area contributed by atoms with Crippen molar-refractivity contribution in [3.05, 3.63) is 60.3 Å². The van der Waals surface area contributed by atoms with Crippen LogP contribution in [0.2, 0.25) is 0 Å². The molecule has 2 aromatic carbocycles. The molecule has 7 nitrogen and oxygen atoms in total. The minimum atomic E-state index is -4.86. The molecule has 3 aromatic rings. The minimum Gasteiger partial charge on any atom is -0.456 e. The number of aromatic amines is 1. The van der Waals surface area contributed by atoms with E-state index in [1.165, 1.54) is 24.3 Å². The van der Waals surface area contributed by atoms with E-state index in [-0.39, 0.29) is 17.8 Å². The minimum absolute atomic E-state index is 0.0472. The predicted octanol–water partition coefficient (Wildman–Crippen LogP) is 3.95. The molecule has 10 heteroatoms. The van der Waals surface area contributed by atoms with Crippen LogP contribution in [0.1, 0.15) is 18.4 Å². The highest BCUT2D eigenvalue weighted by Gasteiger charge is 2.49. The molecule has 1 aliphatic rings. The average Bonchev–Trinajstić information content (AvgIpc) is 3.11. The second-order valence-electron chi connectivity index (χ2n) is 7.61. The molecule has 1 aliphatic heterocycles. The molecule has 2 amide bonds. The molecule has 1 aromatic heterocycles. The van der Waals surface area contributed by atoms with Crippen molar-refractivity contribution in [1.82, 2.24) is 4.98 Å². The highest BCUT2D eigenvalue weighted by atomic mass is 19.4. The summed E-state index contributed by atoms with van der Waals surface area (Å²) >= 11 is 0. The number of para-hydroxylation sites is 3. The first-order chi connectivity index (χ1) is 15.7. The molecule has 0 aliphatic carbocycles. The lowest BCUT2D eigenvalue weighted by Crippen LogP contribution is -2.51. The number of alkyl halides is 3. The number of benzene rings is 2. The zero-order valence-electron chi connectivity index (χ0n) is 17.3. The van der Waals surface area contributed by atoms with Crippen molar-refractivity contribution >= 4 is 40.1 Å². The number of hydrogen-bond donors (Lipinski definition) is 2. The van der Waals surface area contributed by atoms with Gasteiger partial charge in [0.05, 0.1) is 17.8 Å². The number of hydrogen-bond acceptors (Lipinski definition) is 4. The van der Waals surface area contributed by atoms with Crippen molar-refractivity contribution in [2.24, 2.45) is 0 Å². The van der Waals surface area contributed by atoms with Gasteiger partial charge in [0.2, 0.25) is 5.91 Å². The third-order valence-electron chi connectivity index (χ3n) is 5.40. The van der Waals surface area contributed by atoms with E-state index < -0.39 is 43.0 Å². The first-order valence-corrected chi connectivity index (χ1v) is 10.2. The molecule has 2 N–H and O–H groups in total. The molecule has 1 atom stereocenters. The lowest BCUT2D eigenvalue weighted by molar-refractivity contribution is -0.160. The van der Waals surface area contributed by atoms with E-state index in [4.69, 9.17) is 4.74 Å². The molecular formula is C23H20F3N3O4. The smallest absolute Gasteiger partial charge is 0.409 e. The maximum atomic E-state index is 13.7. The number of H-pyrrole nitrogens is 1. The Kier molecular flexibility index (Phi) is 6.08. The highest BCUT2D eigenvalue weighted by molar-refractivity contribution is 6.05. The van der Waals surface area contributed by atoms with E-state index in [1.54, 1.807) is 6.20 Å². The molecule has 33 heavy (non-hydrogen) atoms. The summed E-state index contributed by atoms with van der Waals surface area (Å²) in [5.74, 6) is -2.65. The fourth-order valence-electron chi connectivity index (χ4n) is 3.85. The SMILES string of the molecule is O=C1CC(C(F)(F)F)N(C(=O)COC(=O)CCc2c[nH]c3ccccc23)c2ccccc2N1. The molecule has 0 bridgehead atoms. The number of aromatic nitrogens is 1. The van der Waals surface area contributed by atoms with Gasteiger partial charge in [-0.2, -0.15) is 13.2 Å². The molecule has 0 fully saturated rings. The maximum Gasteiger partial charge on any atom is 0.409 e. The lowest BCUT2D eigenvalue weighted by atomic mass is 10.1. The number of aryl methyl sites for hydroxylation is 1. The van der Waals surface area contributed by atoms with Crippen molar-refractivity contribution < 1.29 is 32.3 Å². The Hall–Kier alpha value is -3.82. The van der Waals surface area contributed by atoms with E-state index in [1.807, 2.05) is 24.3 Å². The van der Waals surface area contributed by atoms with Crippen LogP contribution in [0, 0.1) is 0 Å². The second-order valence-corrected chi connectivity index (χ2v) is 7.61. The van der Waals surface area contributed by atoms with Gasteiger partial charge in [-0.05, 0) is 30.2 Å². The number of carbonyl (C=O) groups excluding carboxylic acids is 3. The van der Waals surface area contributed by atoms with Gasteiger partial charge in [0.15, 0.2) is 6.61 Å². The predicted molar refractivity (Wildman–Crippen MR) is 115 cm³/mol. The van der Waals surface area contributed by atoms with Crippen LogP contribution in [0.15, 0.2) is 54.7 Å². The summed E-state index contributed by atoms with van der Waals surface area (Å²) in [6.45, 7) is -0.873. The number of rotatable bonds is 5. The number of amides is 2. The molecule has 1 unspecified atom stereocenters. The van der Waals surface area contributed by atoms with E-state index >= 15 is 0 Å². The van der Waals surface area contributed by atoms with Crippen LogP contribution in [0.25, 0.3) is 10.9 Å². The van der Waals surface area contributed by atoms with Crippen LogP contribution < -0.4 is 10.2 Å². The quantitative estimate of drug-likeness (QED) is 0.566. The maximum absolute atomic E-state index is 13.7. The number of carbonyl (C=O) groups is 3. The lowest BCUT2D eigenvalue weighted by Gasteiger charge is -2.31. The Morgan fingerprint density at radius 1 is 1.09 bits per heavy atom. The van der Waals surface area contributed by atoms with Gasteiger partial charge in [-0.1, -0.05) is 30.3 Å². The standard InChI is InChI=1S/C23H20F3N3O4/c24-23(25,26)19-11-20(30)28-17-7-3-4-8-18(17)29(19)21(31)13-33-22(32)10-9-14-12-27-16-6-2-1-5-15(14)16/h1-8,12,19,27H,9-11,13H2,(H,28,30). The first-order valence-electron chi connectivity index (χ1n) is 10.2. The van der Waals surface area contributed by atoms with E-state index in [9.17, 15) is 27.6 Å². The molecule has 0 saturated carbocycles. The summed E-state index contributed by atoms with van der Waals surface area (Å²) in [5.41, 5.74) is 1.77. The molecule has 2 heterocycles. The van der Waals surface area contributed by atoms with Gasteiger partial charge in [-0.25, -0.2) is 0 Å². The number of ether oxygens (including phenoxy) is 1. The second kappa shape index (κ2) is 8.97. The highest BCUT2D eigenvalue weighted by Crippen LogP contribution is 2.37. The van der Waals surface area contributed by atoms with Crippen molar-refractivity contribution in [2.75, 3.05) is 16.8 Å². The molecule has 0 radical (unpaired) electrons. The van der Waals surface area contributed by atoms with Gasteiger partial charge < -0.3 is 15.0 Å². The Bertz CT molecular complexity index is 1200. The number of fused-ring (bicyclic) bond motifs is 2. The van der Waals surface area contributed by atoms with Gasteiger partial charge in [0.25, 0.3) is 5.91 Å². The van der Waals surface area contributed by atoms with Crippen LogP contribution in [0.3, 0.4) is 0 Å². The Labute approximate surface area is 186 Å². The van der Waals surface area contributed by atoms with Crippen molar-refractivity contribution in [3.63, 3.8) is 0 Å². The number of esters is 1. The van der Waals surface area contributed by atoms with Crippen molar-refractivity contribution in [2.45, 2.75) is 31.5 Å². The van der Waals surface area contributed by atoms with Crippen LogP contribution in [-0.4, -0.2) is 41.6 Å². The van der Waals surface area contributed by atoms with Gasteiger partial charge in [-0.3, -0.25) is 19.3 Å². The molecule has 172 valence electrons. The Balaban J connectivity index is 1.45. The van der Waals surface area contributed by atoms with Crippen molar-refractivity contribution in [3.8, 4) is 0 Å².